The highest BCUT2D eigenvalue weighted by Crippen LogP contribution is 2.18. The molecule has 0 fully saturated rings. The molecule has 3 N–H and O–H groups in total. The number of hydrogen-bond donors (Lipinski definition) is 3. The predicted molar refractivity (Wildman–Crippen MR) is 95.7 cm³/mol. The number of carbonyl (C=O) groups is 1. The lowest BCUT2D eigenvalue weighted by molar-refractivity contribution is -0.121. The van der Waals surface area contributed by atoms with Gasteiger partial charge in [0.25, 0.3) is 0 Å². The molecule has 2 unspecified atom stereocenters. The summed E-state index contributed by atoms with van der Waals surface area (Å²) in [5.74, 6) is -0.0691. The van der Waals surface area contributed by atoms with Crippen LogP contribution in [-0.4, -0.2) is 28.6 Å². The van der Waals surface area contributed by atoms with Gasteiger partial charge in [0.2, 0.25) is 5.91 Å². The van der Waals surface area contributed by atoms with Crippen LogP contribution in [0.3, 0.4) is 0 Å². The maximum atomic E-state index is 11.9. The van der Waals surface area contributed by atoms with Crippen molar-refractivity contribution in [1.82, 2.24) is 10.3 Å². The van der Waals surface area contributed by atoms with Crippen LogP contribution in [0.4, 0.5) is 5.69 Å². The van der Waals surface area contributed by atoms with Gasteiger partial charge in [-0.05, 0) is 42.7 Å². The molecular formula is C19H25N3O2. The third-order valence-electron chi connectivity index (χ3n) is 3.96. The molecule has 1 aromatic heterocycles. The summed E-state index contributed by atoms with van der Waals surface area (Å²) < 4.78 is 0. The van der Waals surface area contributed by atoms with Gasteiger partial charge >= 0.3 is 0 Å². The summed E-state index contributed by atoms with van der Waals surface area (Å²) in [6.45, 7) is 3.99. The van der Waals surface area contributed by atoms with Gasteiger partial charge in [0.05, 0.1) is 25.1 Å². The minimum atomic E-state index is -0.168. The standard InChI is InChI=1S/C19H25N3O2/c1-3-17(13-23)22-19(24)11-15-6-8-18(9-7-15)21-14(2)16-5-4-10-20-12-16/h4-10,12,14,17,21,23H,3,11,13H2,1-2H3,(H,22,24). The van der Waals surface area contributed by atoms with Crippen molar-refractivity contribution in [3.8, 4) is 0 Å². The molecule has 128 valence electrons. The van der Waals surface area contributed by atoms with Crippen molar-refractivity contribution in [3.05, 3.63) is 59.9 Å². The average Bonchev–Trinajstić information content (AvgIpc) is 2.62. The highest BCUT2D eigenvalue weighted by Gasteiger charge is 2.10. The number of amides is 1. The first-order chi connectivity index (χ1) is 11.6. The highest BCUT2D eigenvalue weighted by atomic mass is 16.3. The van der Waals surface area contributed by atoms with Gasteiger partial charge in [0.15, 0.2) is 0 Å². The zero-order valence-electron chi connectivity index (χ0n) is 14.2. The molecule has 5 heteroatoms. The molecule has 0 aliphatic rings. The molecule has 0 saturated heterocycles. The largest absolute Gasteiger partial charge is 0.394 e. The number of benzene rings is 1. The van der Waals surface area contributed by atoms with Crippen LogP contribution < -0.4 is 10.6 Å². The predicted octanol–water partition coefficient (Wildman–Crippen LogP) is 2.68. The fourth-order valence-electron chi connectivity index (χ4n) is 2.43. The molecule has 5 nitrogen and oxygen atoms in total. The lowest BCUT2D eigenvalue weighted by atomic mass is 10.1. The number of hydrogen-bond acceptors (Lipinski definition) is 4. The molecule has 24 heavy (non-hydrogen) atoms. The minimum absolute atomic E-state index is 0.0304. The zero-order chi connectivity index (χ0) is 17.4. The van der Waals surface area contributed by atoms with Gasteiger partial charge in [-0.25, -0.2) is 0 Å². The first kappa shape index (κ1) is 17.9. The number of aliphatic hydroxyl groups is 1. The van der Waals surface area contributed by atoms with Crippen molar-refractivity contribution in [1.29, 1.82) is 0 Å². The van der Waals surface area contributed by atoms with Crippen LogP contribution in [-0.2, 0) is 11.2 Å². The zero-order valence-corrected chi connectivity index (χ0v) is 14.2. The number of aliphatic hydroxyl groups excluding tert-OH is 1. The fourth-order valence-corrected chi connectivity index (χ4v) is 2.43. The van der Waals surface area contributed by atoms with Crippen LogP contribution in [0.5, 0.6) is 0 Å². The van der Waals surface area contributed by atoms with Crippen molar-refractivity contribution >= 4 is 11.6 Å². The second-order valence-corrected chi connectivity index (χ2v) is 5.88. The van der Waals surface area contributed by atoms with E-state index in [4.69, 9.17) is 5.11 Å². The van der Waals surface area contributed by atoms with E-state index in [9.17, 15) is 4.79 Å². The van der Waals surface area contributed by atoms with Crippen molar-refractivity contribution in [2.75, 3.05) is 11.9 Å². The van der Waals surface area contributed by atoms with Gasteiger partial charge in [0, 0.05) is 18.1 Å². The molecular weight excluding hydrogens is 302 g/mol. The Bertz CT molecular complexity index is 625. The molecule has 0 bridgehead atoms. The molecule has 2 aromatic rings. The maximum absolute atomic E-state index is 11.9. The van der Waals surface area contributed by atoms with Crippen LogP contribution >= 0.6 is 0 Å². The molecule has 2 rings (SSSR count). The third-order valence-corrected chi connectivity index (χ3v) is 3.96. The molecule has 0 saturated carbocycles. The van der Waals surface area contributed by atoms with Crippen LogP contribution in [0.25, 0.3) is 0 Å². The molecule has 1 heterocycles. The van der Waals surface area contributed by atoms with Gasteiger partial charge in [-0.15, -0.1) is 0 Å². The number of nitrogens with zero attached hydrogens (tertiary/aromatic N) is 1. The Labute approximate surface area is 143 Å². The number of aromatic nitrogens is 1. The van der Waals surface area contributed by atoms with E-state index in [1.165, 1.54) is 0 Å². The molecule has 0 spiro atoms. The van der Waals surface area contributed by atoms with E-state index < -0.39 is 0 Å². The van der Waals surface area contributed by atoms with Crippen molar-refractivity contribution < 1.29 is 9.90 Å². The Kier molecular flexibility index (Phi) is 6.75. The molecule has 0 radical (unpaired) electrons. The normalized spacial score (nSPS) is 13.1. The topological polar surface area (TPSA) is 74.2 Å². The van der Waals surface area contributed by atoms with Gasteiger partial charge in [-0.2, -0.15) is 0 Å². The van der Waals surface area contributed by atoms with E-state index in [1.807, 2.05) is 49.5 Å². The van der Waals surface area contributed by atoms with Crippen LogP contribution in [0.15, 0.2) is 48.8 Å². The lowest BCUT2D eigenvalue weighted by Gasteiger charge is -2.16. The van der Waals surface area contributed by atoms with Crippen LogP contribution in [0, 0.1) is 0 Å². The summed E-state index contributed by atoms with van der Waals surface area (Å²) in [5.41, 5.74) is 3.06. The van der Waals surface area contributed by atoms with E-state index in [-0.39, 0.29) is 24.6 Å². The minimum Gasteiger partial charge on any atom is -0.394 e. The highest BCUT2D eigenvalue weighted by molar-refractivity contribution is 5.79. The summed E-state index contributed by atoms with van der Waals surface area (Å²) in [6, 6.07) is 11.8. The summed E-state index contributed by atoms with van der Waals surface area (Å²) in [6.07, 6.45) is 4.64. The van der Waals surface area contributed by atoms with Gasteiger partial charge in [-0.3, -0.25) is 9.78 Å². The molecule has 1 aromatic carbocycles. The SMILES string of the molecule is CCC(CO)NC(=O)Cc1ccc(NC(C)c2cccnc2)cc1. The first-order valence-electron chi connectivity index (χ1n) is 8.28. The smallest absolute Gasteiger partial charge is 0.224 e. The number of rotatable bonds is 8. The summed E-state index contributed by atoms with van der Waals surface area (Å²) in [4.78, 5) is 16.1. The molecule has 2 atom stereocenters. The number of pyridine rings is 1. The van der Waals surface area contributed by atoms with Gasteiger partial charge in [-0.1, -0.05) is 25.1 Å². The number of carbonyl (C=O) groups excluding carboxylic acids is 1. The van der Waals surface area contributed by atoms with Gasteiger partial charge in [0.1, 0.15) is 0 Å². The molecule has 0 aliphatic heterocycles. The van der Waals surface area contributed by atoms with E-state index in [0.29, 0.717) is 6.42 Å². The van der Waals surface area contributed by atoms with Crippen molar-refractivity contribution in [3.63, 3.8) is 0 Å². The van der Waals surface area contributed by atoms with E-state index >= 15 is 0 Å². The monoisotopic (exact) mass is 327 g/mol. The lowest BCUT2D eigenvalue weighted by Crippen LogP contribution is -2.37. The summed E-state index contributed by atoms with van der Waals surface area (Å²) in [5, 5.41) is 15.4. The van der Waals surface area contributed by atoms with E-state index in [1.54, 1.807) is 6.20 Å². The number of anilines is 1. The second-order valence-electron chi connectivity index (χ2n) is 5.88. The number of nitrogens with one attached hydrogen (secondary N) is 2. The Hall–Kier alpha value is -2.40. The quantitative estimate of drug-likeness (QED) is 0.697. The third kappa shape index (κ3) is 5.35. The first-order valence-corrected chi connectivity index (χ1v) is 8.28. The van der Waals surface area contributed by atoms with Crippen molar-refractivity contribution in [2.45, 2.75) is 38.8 Å². The fraction of sp³-hybridized carbons (Fsp3) is 0.368. The Morgan fingerprint density at radius 3 is 2.58 bits per heavy atom. The molecule has 1 amide bonds. The van der Waals surface area contributed by atoms with E-state index in [0.717, 1.165) is 23.2 Å². The molecule has 0 aliphatic carbocycles. The second kappa shape index (κ2) is 9.03. The van der Waals surface area contributed by atoms with Crippen LogP contribution in [0.2, 0.25) is 0 Å². The van der Waals surface area contributed by atoms with Crippen molar-refractivity contribution in [2.24, 2.45) is 0 Å². The van der Waals surface area contributed by atoms with Gasteiger partial charge < -0.3 is 15.7 Å². The Balaban J connectivity index is 1.90. The Morgan fingerprint density at radius 1 is 1.25 bits per heavy atom. The summed E-state index contributed by atoms with van der Waals surface area (Å²) >= 11 is 0. The van der Waals surface area contributed by atoms with E-state index in [2.05, 4.69) is 22.5 Å². The maximum Gasteiger partial charge on any atom is 0.224 e. The Morgan fingerprint density at radius 2 is 2.00 bits per heavy atom. The average molecular weight is 327 g/mol. The van der Waals surface area contributed by atoms with Crippen LogP contribution in [0.1, 0.15) is 37.4 Å². The summed E-state index contributed by atoms with van der Waals surface area (Å²) in [7, 11) is 0.